The number of amides is 1. The lowest BCUT2D eigenvalue weighted by atomic mass is 10.0. The van der Waals surface area contributed by atoms with Gasteiger partial charge in [0.05, 0.1) is 18.4 Å². The number of methoxy groups -OCH3 is 1. The molecule has 0 bridgehead atoms. The maximum absolute atomic E-state index is 13.0. The molecule has 0 radical (unpaired) electrons. The van der Waals surface area contributed by atoms with Crippen molar-refractivity contribution < 1.29 is 9.53 Å². The smallest absolute Gasteiger partial charge is 0.255 e. The van der Waals surface area contributed by atoms with Gasteiger partial charge in [-0.2, -0.15) is 0 Å². The number of fused-ring (bicyclic) bond motifs is 1. The standard InChI is InChI=1S/C25H32N4O3/c1-32-22-9-5-4-8-18(22)14-28-12-11-21-20(16-28)24(30)27-23(26-21)19-10-13-29(15-19)25(31)17-6-2-3-7-17/h4-5,8-9,17,19H,2-3,6-7,10-16H2,1H3,(H,26,27,30)/t19-/m1/s1. The molecule has 7 nitrogen and oxygen atoms in total. The van der Waals surface area contributed by atoms with Gasteiger partial charge in [-0.25, -0.2) is 4.98 Å². The van der Waals surface area contributed by atoms with Gasteiger partial charge in [-0.3, -0.25) is 14.5 Å². The van der Waals surface area contributed by atoms with Crippen molar-refractivity contribution in [3.8, 4) is 5.75 Å². The molecule has 2 fully saturated rings. The van der Waals surface area contributed by atoms with Crippen LogP contribution < -0.4 is 10.3 Å². The first-order valence-electron chi connectivity index (χ1n) is 11.9. The number of para-hydroxylation sites is 1. The number of carbonyl (C=O) groups excluding carboxylic acids is 1. The highest BCUT2D eigenvalue weighted by Gasteiger charge is 2.34. The average molecular weight is 437 g/mol. The zero-order valence-electron chi connectivity index (χ0n) is 18.8. The van der Waals surface area contributed by atoms with Crippen molar-refractivity contribution in [3.05, 3.63) is 57.3 Å². The van der Waals surface area contributed by atoms with Crippen LogP contribution in [0.2, 0.25) is 0 Å². The van der Waals surface area contributed by atoms with Crippen LogP contribution in [0.1, 0.15) is 60.7 Å². The Hall–Kier alpha value is -2.67. The molecule has 32 heavy (non-hydrogen) atoms. The highest BCUT2D eigenvalue weighted by molar-refractivity contribution is 5.79. The molecule has 7 heteroatoms. The minimum atomic E-state index is -0.0321. The van der Waals surface area contributed by atoms with E-state index in [1.165, 1.54) is 12.8 Å². The summed E-state index contributed by atoms with van der Waals surface area (Å²) in [7, 11) is 1.69. The normalized spacial score (nSPS) is 21.7. The second kappa shape index (κ2) is 9.06. The number of benzene rings is 1. The molecule has 1 N–H and O–H groups in total. The molecular formula is C25H32N4O3. The summed E-state index contributed by atoms with van der Waals surface area (Å²) in [6.07, 6.45) is 6.03. The van der Waals surface area contributed by atoms with Gasteiger partial charge in [0.15, 0.2) is 0 Å². The lowest BCUT2D eigenvalue weighted by Crippen LogP contribution is -2.36. The van der Waals surface area contributed by atoms with E-state index < -0.39 is 0 Å². The number of nitrogens with zero attached hydrogens (tertiary/aromatic N) is 3. The molecule has 1 saturated carbocycles. The molecule has 1 aromatic heterocycles. The molecule has 1 atom stereocenters. The molecule has 2 aromatic rings. The van der Waals surface area contributed by atoms with Crippen LogP contribution in [0.15, 0.2) is 29.1 Å². The summed E-state index contributed by atoms with van der Waals surface area (Å²) in [5.74, 6) is 2.27. The predicted molar refractivity (Wildman–Crippen MR) is 122 cm³/mol. The predicted octanol–water partition coefficient (Wildman–Crippen LogP) is 2.84. The van der Waals surface area contributed by atoms with Crippen molar-refractivity contribution in [2.75, 3.05) is 26.7 Å². The molecular weight excluding hydrogens is 404 g/mol. The zero-order chi connectivity index (χ0) is 22.1. The van der Waals surface area contributed by atoms with Crippen LogP contribution in [0.5, 0.6) is 5.75 Å². The summed E-state index contributed by atoms with van der Waals surface area (Å²) >= 11 is 0. The minimum Gasteiger partial charge on any atom is -0.496 e. The van der Waals surface area contributed by atoms with E-state index >= 15 is 0 Å². The number of nitrogens with one attached hydrogen (secondary N) is 1. The van der Waals surface area contributed by atoms with Crippen LogP contribution in [0.3, 0.4) is 0 Å². The number of H-pyrrole nitrogens is 1. The molecule has 0 spiro atoms. The number of aromatic amines is 1. The second-order valence-corrected chi connectivity index (χ2v) is 9.40. The maximum Gasteiger partial charge on any atom is 0.255 e. The first-order valence-corrected chi connectivity index (χ1v) is 11.9. The number of hydrogen-bond acceptors (Lipinski definition) is 5. The Morgan fingerprint density at radius 3 is 2.81 bits per heavy atom. The largest absolute Gasteiger partial charge is 0.496 e. The molecule has 1 aliphatic carbocycles. The minimum absolute atomic E-state index is 0.0321. The Morgan fingerprint density at radius 1 is 1.19 bits per heavy atom. The maximum atomic E-state index is 13.0. The highest BCUT2D eigenvalue weighted by atomic mass is 16.5. The van der Waals surface area contributed by atoms with Gasteiger partial charge in [0.25, 0.3) is 5.56 Å². The third-order valence-electron chi connectivity index (χ3n) is 7.34. The summed E-state index contributed by atoms with van der Waals surface area (Å²) in [6.45, 7) is 3.64. The van der Waals surface area contributed by atoms with Crippen molar-refractivity contribution in [1.82, 2.24) is 19.8 Å². The van der Waals surface area contributed by atoms with Crippen molar-refractivity contribution in [1.29, 1.82) is 0 Å². The van der Waals surface area contributed by atoms with Crippen LogP contribution in [-0.2, 0) is 24.3 Å². The van der Waals surface area contributed by atoms with Crippen LogP contribution in [-0.4, -0.2) is 52.4 Å². The van der Waals surface area contributed by atoms with E-state index in [2.05, 4.69) is 16.0 Å². The summed E-state index contributed by atoms with van der Waals surface area (Å²) < 4.78 is 5.48. The number of ether oxygens (including phenoxy) is 1. The van der Waals surface area contributed by atoms with Crippen LogP contribution in [0, 0.1) is 5.92 Å². The third-order valence-corrected chi connectivity index (χ3v) is 7.34. The van der Waals surface area contributed by atoms with Gasteiger partial charge in [0.2, 0.25) is 5.91 Å². The molecule has 1 amide bonds. The number of hydrogen-bond donors (Lipinski definition) is 1. The third kappa shape index (κ3) is 4.18. The monoisotopic (exact) mass is 436 g/mol. The number of likely N-dealkylation sites (tertiary alicyclic amines) is 1. The second-order valence-electron chi connectivity index (χ2n) is 9.40. The molecule has 3 aliphatic rings. The van der Waals surface area contributed by atoms with Crippen molar-refractivity contribution in [2.45, 2.75) is 57.5 Å². The Bertz CT molecular complexity index is 1040. The SMILES string of the molecule is COc1ccccc1CN1CCc2nc([C@@H]3CCN(C(=O)C4CCCC4)C3)[nH]c(=O)c2C1. The van der Waals surface area contributed by atoms with Crippen molar-refractivity contribution in [3.63, 3.8) is 0 Å². The van der Waals surface area contributed by atoms with E-state index in [1.54, 1.807) is 7.11 Å². The van der Waals surface area contributed by atoms with Gasteiger partial charge in [-0.05, 0) is 25.3 Å². The fraction of sp³-hybridized carbons (Fsp3) is 0.560. The van der Waals surface area contributed by atoms with Gasteiger partial charge < -0.3 is 14.6 Å². The van der Waals surface area contributed by atoms with E-state index in [4.69, 9.17) is 9.72 Å². The van der Waals surface area contributed by atoms with E-state index in [0.29, 0.717) is 19.0 Å². The Balaban J connectivity index is 1.27. The number of aromatic nitrogens is 2. The Kier molecular flexibility index (Phi) is 6.00. The molecule has 5 rings (SSSR count). The van der Waals surface area contributed by atoms with Crippen LogP contribution >= 0.6 is 0 Å². The van der Waals surface area contributed by atoms with Crippen molar-refractivity contribution >= 4 is 5.91 Å². The topological polar surface area (TPSA) is 78.5 Å². The molecule has 0 unspecified atom stereocenters. The van der Waals surface area contributed by atoms with E-state index in [9.17, 15) is 9.59 Å². The lowest BCUT2D eigenvalue weighted by Gasteiger charge is -2.28. The number of rotatable bonds is 5. The van der Waals surface area contributed by atoms with Gasteiger partial charge in [0, 0.05) is 56.5 Å². The quantitative estimate of drug-likeness (QED) is 0.780. The van der Waals surface area contributed by atoms with Gasteiger partial charge in [0.1, 0.15) is 11.6 Å². The Morgan fingerprint density at radius 2 is 2.00 bits per heavy atom. The van der Waals surface area contributed by atoms with Crippen LogP contribution in [0.4, 0.5) is 0 Å². The molecule has 2 aliphatic heterocycles. The van der Waals surface area contributed by atoms with E-state index in [0.717, 1.165) is 73.7 Å². The first-order chi connectivity index (χ1) is 15.6. The molecule has 3 heterocycles. The summed E-state index contributed by atoms with van der Waals surface area (Å²) in [5.41, 5.74) is 2.78. The zero-order valence-corrected chi connectivity index (χ0v) is 18.8. The van der Waals surface area contributed by atoms with Gasteiger partial charge in [-0.15, -0.1) is 0 Å². The lowest BCUT2D eigenvalue weighted by molar-refractivity contribution is -0.134. The summed E-state index contributed by atoms with van der Waals surface area (Å²) in [5, 5.41) is 0. The summed E-state index contributed by atoms with van der Waals surface area (Å²) in [6, 6.07) is 8.02. The van der Waals surface area contributed by atoms with Gasteiger partial charge >= 0.3 is 0 Å². The first kappa shape index (κ1) is 21.2. The van der Waals surface area contributed by atoms with E-state index in [1.807, 2.05) is 23.1 Å². The fourth-order valence-corrected chi connectivity index (χ4v) is 5.52. The van der Waals surface area contributed by atoms with E-state index in [-0.39, 0.29) is 17.4 Å². The number of carbonyl (C=O) groups is 1. The Labute approximate surface area is 188 Å². The summed E-state index contributed by atoms with van der Waals surface area (Å²) in [4.78, 5) is 37.9. The van der Waals surface area contributed by atoms with Crippen molar-refractivity contribution in [2.24, 2.45) is 5.92 Å². The highest BCUT2D eigenvalue weighted by Crippen LogP contribution is 2.31. The fourth-order valence-electron chi connectivity index (χ4n) is 5.52. The average Bonchev–Trinajstić information content (AvgIpc) is 3.52. The van der Waals surface area contributed by atoms with Gasteiger partial charge in [-0.1, -0.05) is 31.0 Å². The molecule has 1 saturated heterocycles. The van der Waals surface area contributed by atoms with Crippen LogP contribution in [0.25, 0.3) is 0 Å². The molecule has 1 aromatic carbocycles. The molecule has 170 valence electrons.